The lowest BCUT2D eigenvalue weighted by molar-refractivity contribution is -0.134. The summed E-state index contributed by atoms with van der Waals surface area (Å²) in [4.78, 5) is 44.2. The van der Waals surface area contributed by atoms with Gasteiger partial charge in [0.2, 0.25) is 11.8 Å². The maximum absolute atomic E-state index is 14.5. The highest BCUT2D eigenvalue weighted by atomic mass is 16.2. The number of Topliss-reactive ketones (excluding diaryl/α,β-unsaturated/α-hetero) is 1. The van der Waals surface area contributed by atoms with Gasteiger partial charge in [-0.2, -0.15) is 0 Å². The molecule has 0 unspecified atom stereocenters. The molecule has 1 aliphatic heterocycles. The van der Waals surface area contributed by atoms with Gasteiger partial charge in [0.1, 0.15) is 0 Å². The minimum atomic E-state index is -1.09. The first-order chi connectivity index (χ1) is 17.3. The number of amides is 2. The van der Waals surface area contributed by atoms with E-state index in [0.29, 0.717) is 12.1 Å². The number of hydrogen-bond acceptors (Lipinski definition) is 3. The molecule has 1 saturated heterocycles. The van der Waals surface area contributed by atoms with Crippen LogP contribution in [-0.4, -0.2) is 17.6 Å². The first kappa shape index (κ1) is 22.7. The number of carbonyl (C=O) groups is 3. The van der Waals surface area contributed by atoms with Gasteiger partial charge in [0.25, 0.3) is 0 Å². The average molecular weight is 476 g/mol. The van der Waals surface area contributed by atoms with E-state index in [1.165, 1.54) is 4.90 Å². The topological polar surface area (TPSA) is 54.5 Å². The van der Waals surface area contributed by atoms with Crippen molar-refractivity contribution in [3.63, 3.8) is 0 Å². The molecule has 180 valence electrons. The standard InChI is InChI=1S/C32H29NO3/c1-5-32-25(22-14-10-7-11-15-22)24(21-12-8-6-9-13-21)31(4,30(32)36)26-27(32)29(35)33(28(26)34)23-17-16-19(2)20(3)18-23/h6-18,26-27H,5H2,1-4H3/t26-,27-,31+,32-/m1/s1. The van der Waals surface area contributed by atoms with Crippen molar-refractivity contribution in [2.24, 2.45) is 22.7 Å². The Bertz CT molecular complexity index is 1470. The second kappa shape index (κ2) is 7.60. The van der Waals surface area contributed by atoms with E-state index >= 15 is 0 Å². The first-order valence-corrected chi connectivity index (χ1v) is 12.6. The number of nitrogens with zero attached hydrogens (tertiary/aromatic N) is 1. The Morgan fingerprint density at radius 3 is 1.83 bits per heavy atom. The summed E-state index contributed by atoms with van der Waals surface area (Å²) in [5.74, 6) is -1.95. The molecule has 2 fully saturated rings. The number of hydrogen-bond donors (Lipinski definition) is 0. The van der Waals surface area contributed by atoms with Gasteiger partial charge in [-0.25, -0.2) is 4.90 Å². The van der Waals surface area contributed by atoms with E-state index < -0.39 is 22.7 Å². The highest BCUT2D eigenvalue weighted by molar-refractivity contribution is 6.34. The van der Waals surface area contributed by atoms with Crippen molar-refractivity contribution in [1.82, 2.24) is 0 Å². The number of aryl methyl sites for hydroxylation is 2. The second-order valence-electron chi connectivity index (χ2n) is 10.6. The van der Waals surface area contributed by atoms with Crippen LogP contribution >= 0.6 is 0 Å². The third-order valence-electron chi connectivity index (χ3n) is 8.98. The number of anilines is 1. The quantitative estimate of drug-likeness (QED) is 0.434. The molecule has 1 saturated carbocycles. The van der Waals surface area contributed by atoms with Crippen LogP contribution in [0.2, 0.25) is 0 Å². The molecule has 0 N–H and O–H groups in total. The summed E-state index contributed by atoms with van der Waals surface area (Å²) >= 11 is 0. The summed E-state index contributed by atoms with van der Waals surface area (Å²) < 4.78 is 0. The van der Waals surface area contributed by atoms with E-state index in [1.807, 2.05) is 107 Å². The summed E-state index contributed by atoms with van der Waals surface area (Å²) in [7, 11) is 0. The minimum absolute atomic E-state index is 0.00615. The van der Waals surface area contributed by atoms with E-state index in [-0.39, 0.29) is 17.6 Å². The summed E-state index contributed by atoms with van der Waals surface area (Å²) in [5.41, 5.74) is 4.26. The number of benzene rings is 3. The van der Waals surface area contributed by atoms with E-state index in [1.54, 1.807) is 0 Å². The number of rotatable bonds is 4. The Hall–Kier alpha value is -3.79. The summed E-state index contributed by atoms with van der Waals surface area (Å²) in [6.45, 7) is 7.87. The van der Waals surface area contributed by atoms with Gasteiger partial charge in [-0.05, 0) is 72.7 Å². The van der Waals surface area contributed by atoms with Crippen LogP contribution in [0.15, 0.2) is 78.9 Å². The van der Waals surface area contributed by atoms with Gasteiger partial charge in [0, 0.05) is 0 Å². The van der Waals surface area contributed by atoms with E-state index in [0.717, 1.165) is 33.4 Å². The molecule has 6 rings (SSSR count). The predicted octanol–water partition coefficient (Wildman–Crippen LogP) is 6.02. The average Bonchev–Trinajstić information content (AvgIpc) is 3.36. The number of ketones is 1. The Labute approximate surface area is 211 Å². The molecule has 1 heterocycles. The van der Waals surface area contributed by atoms with Crippen LogP contribution in [0.4, 0.5) is 5.69 Å². The molecule has 4 nitrogen and oxygen atoms in total. The van der Waals surface area contributed by atoms with Gasteiger partial charge in [-0.15, -0.1) is 0 Å². The van der Waals surface area contributed by atoms with E-state index in [2.05, 4.69) is 0 Å². The van der Waals surface area contributed by atoms with Crippen LogP contribution in [0.5, 0.6) is 0 Å². The van der Waals surface area contributed by atoms with Crippen LogP contribution in [0.25, 0.3) is 11.1 Å². The van der Waals surface area contributed by atoms with E-state index in [9.17, 15) is 14.4 Å². The molecule has 0 aromatic heterocycles. The smallest absolute Gasteiger partial charge is 0.239 e. The van der Waals surface area contributed by atoms with Gasteiger partial charge in [0.05, 0.1) is 28.4 Å². The maximum atomic E-state index is 14.5. The van der Waals surface area contributed by atoms with Crippen molar-refractivity contribution in [2.75, 3.05) is 4.90 Å². The molecular weight excluding hydrogens is 446 g/mol. The van der Waals surface area contributed by atoms with Gasteiger partial charge in [0.15, 0.2) is 5.78 Å². The molecular formula is C32H29NO3. The number of imide groups is 1. The molecule has 2 amide bonds. The van der Waals surface area contributed by atoms with Crippen molar-refractivity contribution >= 4 is 34.4 Å². The van der Waals surface area contributed by atoms with Crippen LogP contribution in [-0.2, 0) is 14.4 Å². The summed E-state index contributed by atoms with van der Waals surface area (Å²) in [5, 5.41) is 0. The van der Waals surface area contributed by atoms with Gasteiger partial charge in [-0.1, -0.05) is 73.7 Å². The molecule has 0 radical (unpaired) electrons. The minimum Gasteiger partial charge on any atom is -0.298 e. The molecule has 4 heteroatoms. The predicted molar refractivity (Wildman–Crippen MR) is 141 cm³/mol. The fourth-order valence-electron chi connectivity index (χ4n) is 7.25. The SMILES string of the molecule is CC[C@@]12C(=O)[C@@](C)(C(c3ccccc3)=C1c1ccccc1)[C@H]1C(=O)N(c3ccc(C)c(C)c3)C(=O)[C@@H]12. The monoisotopic (exact) mass is 475 g/mol. The summed E-state index contributed by atoms with van der Waals surface area (Å²) in [6.07, 6.45) is 0.461. The number of carbonyl (C=O) groups excluding carboxylic acids is 3. The van der Waals surface area contributed by atoms with Crippen LogP contribution in [0.3, 0.4) is 0 Å². The van der Waals surface area contributed by atoms with Crippen LogP contribution in [0.1, 0.15) is 42.5 Å². The fraction of sp³-hybridized carbons (Fsp3) is 0.281. The van der Waals surface area contributed by atoms with E-state index in [4.69, 9.17) is 0 Å². The normalized spacial score (nSPS) is 28.9. The van der Waals surface area contributed by atoms with Gasteiger partial charge < -0.3 is 0 Å². The summed E-state index contributed by atoms with van der Waals surface area (Å²) in [6, 6.07) is 25.5. The maximum Gasteiger partial charge on any atom is 0.239 e. The Kier molecular flexibility index (Phi) is 4.79. The zero-order valence-corrected chi connectivity index (χ0v) is 21.0. The van der Waals surface area contributed by atoms with Crippen LogP contribution < -0.4 is 4.90 Å². The lowest BCUT2D eigenvalue weighted by atomic mass is 9.62. The van der Waals surface area contributed by atoms with Crippen molar-refractivity contribution < 1.29 is 14.4 Å². The zero-order chi connectivity index (χ0) is 25.4. The molecule has 2 aliphatic carbocycles. The fourth-order valence-corrected chi connectivity index (χ4v) is 7.25. The lowest BCUT2D eigenvalue weighted by Crippen LogP contribution is -2.41. The Morgan fingerprint density at radius 2 is 1.28 bits per heavy atom. The third kappa shape index (κ3) is 2.57. The molecule has 2 bridgehead atoms. The Balaban J connectivity index is 1.64. The highest BCUT2D eigenvalue weighted by Gasteiger charge is 2.79. The van der Waals surface area contributed by atoms with Crippen molar-refractivity contribution in [2.45, 2.75) is 34.1 Å². The first-order valence-electron chi connectivity index (χ1n) is 12.6. The molecule has 3 aromatic carbocycles. The second-order valence-corrected chi connectivity index (χ2v) is 10.6. The van der Waals surface area contributed by atoms with Crippen molar-refractivity contribution in [1.29, 1.82) is 0 Å². The molecule has 4 atom stereocenters. The number of fused-ring (bicyclic) bond motifs is 5. The third-order valence-corrected chi connectivity index (χ3v) is 8.98. The molecule has 3 aromatic rings. The van der Waals surface area contributed by atoms with Crippen LogP contribution in [0, 0.1) is 36.5 Å². The lowest BCUT2D eigenvalue weighted by Gasteiger charge is -2.37. The molecule has 3 aliphatic rings. The molecule has 0 spiro atoms. The molecule has 36 heavy (non-hydrogen) atoms. The zero-order valence-electron chi connectivity index (χ0n) is 21.0. The van der Waals surface area contributed by atoms with Crippen molar-refractivity contribution in [3.8, 4) is 0 Å². The van der Waals surface area contributed by atoms with Crippen molar-refractivity contribution in [3.05, 3.63) is 101 Å². The number of allylic oxidation sites excluding steroid dienone is 2. The Morgan fingerprint density at radius 1 is 0.722 bits per heavy atom. The van der Waals surface area contributed by atoms with Gasteiger partial charge in [-0.3, -0.25) is 14.4 Å². The van der Waals surface area contributed by atoms with Gasteiger partial charge >= 0.3 is 0 Å². The largest absolute Gasteiger partial charge is 0.298 e. The highest BCUT2D eigenvalue weighted by Crippen LogP contribution is 2.74.